The number of terminal acetylenes is 1. The van der Waals surface area contributed by atoms with Gasteiger partial charge in [0.25, 0.3) is 0 Å². The van der Waals surface area contributed by atoms with E-state index in [0.29, 0.717) is 10.9 Å². The first-order valence-corrected chi connectivity index (χ1v) is 8.98. The Balaban J connectivity index is 1.90. The third-order valence-electron chi connectivity index (χ3n) is 4.06. The van der Waals surface area contributed by atoms with E-state index < -0.39 is 0 Å². The average molecular weight is 344 g/mol. The second kappa shape index (κ2) is 6.58. The highest BCUT2D eigenvalue weighted by atomic mass is 32.2. The zero-order valence-electron chi connectivity index (χ0n) is 13.8. The smallest absolute Gasteiger partial charge is 0.212 e. The second-order valence-electron chi connectivity index (χ2n) is 5.85. The Morgan fingerprint density at radius 3 is 2.84 bits per heavy atom. The van der Waals surface area contributed by atoms with Gasteiger partial charge in [0.15, 0.2) is 5.65 Å². The summed E-state index contributed by atoms with van der Waals surface area (Å²) in [5, 5.41) is 10.3. The molecule has 5 heteroatoms. The molecule has 0 N–H and O–H groups in total. The van der Waals surface area contributed by atoms with Crippen LogP contribution in [0.25, 0.3) is 22.1 Å². The van der Waals surface area contributed by atoms with E-state index in [9.17, 15) is 0 Å². The van der Waals surface area contributed by atoms with Gasteiger partial charge < -0.3 is 4.57 Å². The van der Waals surface area contributed by atoms with Crippen molar-refractivity contribution < 1.29 is 0 Å². The van der Waals surface area contributed by atoms with Crippen molar-refractivity contribution in [3.63, 3.8) is 0 Å². The zero-order valence-corrected chi connectivity index (χ0v) is 14.6. The van der Waals surface area contributed by atoms with Gasteiger partial charge in [-0.25, -0.2) is 4.98 Å². The number of benzene rings is 2. The number of hydrogen-bond donors (Lipinski definition) is 0. The maximum Gasteiger partial charge on any atom is 0.212 e. The number of rotatable bonds is 4. The minimum Gasteiger partial charge on any atom is -0.319 e. The highest BCUT2D eigenvalue weighted by Crippen LogP contribution is 2.28. The second-order valence-corrected chi connectivity index (χ2v) is 6.79. The molecule has 0 radical (unpaired) electrons. The van der Waals surface area contributed by atoms with Crippen LogP contribution in [0.2, 0.25) is 0 Å². The summed E-state index contributed by atoms with van der Waals surface area (Å²) in [5.41, 5.74) is 5.26. The first kappa shape index (κ1) is 15.7. The molecular weight excluding hydrogens is 328 g/mol. The van der Waals surface area contributed by atoms with Crippen molar-refractivity contribution in [3.05, 3.63) is 59.7 Å². The molecule has 0 saturated heterocycles. The summed E-state index contributed by atoms with van der Waals surface area (Å²) in [6.45, 7) is 2.84. The van der Waals surface area contributed by atoms with Crippen LogP contribution in [0, 0.1) is 19.3 Å². The number of aromatic nitrogens is 4. The lowest BCUT2D eigenvalue weighted by atomic mass is 10.1. The third kappa shape index (κ3) is 2.97. The monoisotopic (exact) mass is 344 g/mol. The number of para-hydroxylation sites is 1. The summed E-state index contributed by atoms with van der Waals surface area (Å²) in [7, 11) is 0. The van der Waals surface area contributed by atoms with Crippen molar-refractivity contribution in [1.29, 1.82) is 0 Å². The van der Waals surface area contributed by atoms with Crippen LogP contribution in [0.3, 0.4) is 0 Å². The number of thioether (sulfide) groups is 1. The van der Waals surface area contributed by atoms with Crippen LogP contribution in [0.15, 0.2) is 53.7 Å². The fraction of sp³-hybridized carbons (Fsp3) is 0.150. The Hall–Kier alpha value is -2.84. The minimum absolute atomic E-state index is 0.533. The molecule has 0 aliphatic rings. The van der Waals surface area contributed by atoms with E-state index in [0.717, 1.165) is 28.6 Å². The Morgan fingerprint density at radius 1 is 1.12 bits per heavy atom. The summed E-state index contributed by atoms with van der Waals surface area (Å²) in [5.74, 6) is 3.13. The zero-order chi connectivity index (χ0) is 17.2. The highest BCUT2D eigenvalue weighted by molar-refractivity contribution is 7.99. The SMILES string of the molecule is C#CCSc1nnc2c3ccccc3n(Cc3cccc(C)c3)c2n1. The molecule has 2 aromatic carbocycles. The molecule has 0 bridgehead atoms. The predicted octanol–water partition coefficient (Wildman–Crippen LogP) is 4.06. The lowest BCUT2D eigenvalue weighted by Crippen LogP contribution is -2.02. The Bertz CT molecular complexity index is 1110. The number of hydrogen-bond acceptors (Lipinski definition) is 4. The first-order valence-electron chi connectivity index (χ1n) is 8.00. The van der Waals surface area contributed by atoms with Gasteiger partial charge in [-0.05, 0) is 18.6 Å². The number of nitrogens with zero attached hydrogens (tertiary/aromatic N) is 4. The van der Waals surface area contributed by atoms with Crippen LogP contribution in [0.5, 0.6) is 0 Å². The fourth-order valence-corrected chi connectivity index (χ4v) is 3.47. The summed E-state index contributed by atoms with van der Waals surface area (Å²) in [6, 6.07) is 16.7. The largest absolute Gasteiger partial charge is 0.319 e. The maximum absolute atomic E-state index is 5.34. The lowest BCUT2D eigenvalue weighted by molar-refractivity contribution is 0.814. The fourth-order valence-electron chi connectivity index (χ4n) is 3.01. The topological polar surface area (TPSA) is 43.6 Å². The Kier molecular flexibility index (Phi) is 4.12. The van der Waals surface area contributed by atoms with E-state index >= 15 is 0 Å². The van der Waals surface area contributed by atoms with Crippen molar-refractivity contribution in [2.45, 2.75) is 18.6 Å². The van der Waals surface area contributed by atoms with E-state index in [1.54, 1.807) is 0 Å². The molecule has 0 fully saturated rings. The van der Waals surface area contributed by atoms with E-state index in [1.807, 2.05) is 12.1 Å². The van der Waals surface area contributed by atoms with Gasteiger partial charge in [-0.3, -0.25) is 0 Å². The molecule has 25 heavy (non-hydrogen) atoms. The van der Waals surface area contributed by atoms with Crippen LogP contribution < -0.4 is 0 Å². The normalized spacial score (nSPS) is 11.0. The third-order valence-corrected chi connectivity index (χ3v) is 4.80. The maximum atomic E-state index is 5.34. The standard InChI is InChI=1S/C20H16N4S/c1-3-11-25-20-21-19-18(22-23-20)16-9-4-5-10-17(16)24(19)13-15-8-6-7-14(2)12-15/h1,4-10,12H,11,13H2,2H3. The molecular formula is C20H16N4S. The van der Waals surface area contributed by atoms with Crippen LogP contribution in [0.1, 0.15) is 11.1 Å². The Morgan fingerprint density at radius 2 is 2.00 bits per heavy atom. The molecule has 0 unspecified atom stereocenters. The van der Waals surface area contributed by atoms with Crippen LogP contribution >= 0.6 is 11.8 Å². The molecule has 2 heterocycles. The van der Waals surface area contributed by atoms with Crippen molar-refractivity contribution in [2.75, 3.05) is 5.75 Å². The molecule has 0 aliphatic heterocycles. The van der Waals surface area contributed by atoms with Gasteiger partial charge in [-0.1, -0.05) is 65.7 Å². The van der Waals surface area contributed by atoms with Crippen molar-refractivity contribution in [1.82, 2.24) is 19.7 Å². The van der Waals surface area contributed by atoms with Crippen LogP contribution in [-0.2, 0) is 6.54 Å². The summed E-state index contributed by atoms with van der Waals surface area (Å²) in [4.78, 5) is 4.73. The summed E-state index contributed by atoms with van der Waals surface area (Å²) < 4.78 is 2.20. The van der Waals surface area contributed by atoms with Gasteiger partial charge in [0, 0.05) is 11.9 Å². The quantitative estimate of drug-likeness (QED) is 0.414. The van der Waals surface area contributed by atoms with Gasteiger partial charge in [-0.2, -0.15) is 0 Å². The molecule has 4 rings (SSSR count). The van der Waals surface area contributed by atoms with E-state index in [2.05, 4.69) is 64.0 Å². The molecule has 0 amide bonds. The molecule has 4 aromatic rings. The minimum atomic E-state index is 0.533. The Labute approximate surface area is 150 Å². The van der Waals surface area contributed by atoms with Gasteiger partial charge in [-0.15, -0.1) is 16.6 Å². The number of aryl methyl sites for hydroxylation is 1. The number of fused-ring (bicyclic) bond motifs is 3. The van der Waals surface area contributed by atoms with E-state index in [-0.39, 0.29) is 0 Å². The molecule has 2 aromatic heterocycles. The van der Waals surface area contributed by atoms with Crippen molar-refractivity contribution in [2.24, 2.45) is 0 Å². The molecule has 4 nitrogen and oxygen atoms in total. The molecule has 122 valence electrons. The lowest BCUT2D eigenvalue weighted by Gasteiger charge is -2.08. The average Bonchev–Trinajstić information content (AvgIpc) is 2.94. The molecule has 0 aliphatic carbocycles. The van der Waals surface area contributed by atoms with Crippen LogP contribution in [-0.4, -0.2) is 25.5 Å². The highest BCUT2D eigenvalue weighted by Gasteiger charge is 2.15. The summed E-state index contributed by atoms with van der Waals surface area (Å²) in [6.07, 6.45) is 5.34. The predicted molar refractivity (Wildman–Crippen MR) is 103 cm³/mol. The van der Waals surface area contributed by atoms with Crippen molar-refractivity contribution >= 4 is 33.8 Å². The molecule has 0 spiro atoms. The van der Waals surface area contributed by atoms with Gasteiger partial charge in [0.2, 0.25) is 5.16 Å². The van der Waals surface area contributed by atoms with E-state index in [1.165, 1.54) is 22.9 Å². The first-order chi connectivity index (χ1) is 12.3. The van der Waals surface area contributed by atoms with Crippen molar-refractivity contribution in [3.8, 4) is 12.3 Å². The molecule has 0 atom stereocenters. The van der Waals surface area contributed by atoms with Crippen LogP contribution in [0.4, 0.5) is 0 Å². The van der Waals surface area contributed by atoms with Gasteiger partial charge in [0.1, 0.15) is 5.52 Å². The molecule has 0 saturated carbocycles. The van der Waals surface area contributed by atoms with Gasteiger partial charge in [0.05, 0.1) is 11.3 Å². The summed E-state index contributed by atoms with van der Waals surface area (Å²) >= 11 is 1.43. The van der Waals surface area contributed by atoms with Gasteiger partial charge >= 0.3 is 0 Å². The van der Waals surface area contributed by atoms with E-state index in [4.69, 9.17) is 11.4 Å².